The van der Waals surface area contributed by atoms with Crippen LogP contribution in [0.3, 0.4) is 0 Å². The molecule has 1 aromatic heterocycles. The Morgan fingerprint density at radius 1 is 1.56 bits per heavy atom. The minimum Gasteiger partial charge on any atom is -0.481 e. The molecular formula is C11H17N3O2S2. The van der Waals surface area contributed by atoms with E-state index >= 15 is 0 Å². The summed E-state index contributed by atoms with van der Waals surface area (Å²) in [6.45, 7) is 4.21. The zero-order valence-electron chi connectivity index (χ0n) is 10.3. The van der Waals surface area contributed by atoms with Crippen molar-refractivity contribution in [1.29, 1.82) is 0 Å². The van der Waals surface area contributed by atoms with Crippen LogP contribution >= 0.6 is 23.1 Å². The third kappa shape index (κ3) is 4.13. The van der Waals surface area contributed by atoms with Crippen molar-refractivity contribution in [2.75, 3.05) is 23.7 Å². The zero-order valence-corrected chi connectivity index (χ0v) is 12.0. The van der Waals surface area contributed by atoms with E-state index in [0.717, 1.165) is 34.9 Å². The first-order chi connectivity index (χ1) is 8.69. The van der Waals surface area contributed by atoms with Crippen molar-refractivity contribution in [1.82, 2.24) is 10.2 Å². The molecule has 1 aromatic rings. The average Bonchev–Trinajstić information content (AvgIpc) is 3.02. The Bertz CT molecular complexity index is 407. The average molecular weight is 287 g/mol. The molecule has 0 unspecified atom stereocenters. The molecule has 100 valence electrons. The second-order valence-electron chi connectivity index (χ2n) is 4.42. The summed E-state index contributed by atoms with van der Waals surface area (Å²) in [4.78, 5) is 12.8. The standard InChI is InChI=1S/C11H17N3O2S2/c1-2-5-14(6-8-3-4-8)10-12-13-11(18-10)17-7-9(15)16/h8H,2-7H2,1H3,(H,15,16). The van der Waals surface area contributed by atoms with Crippen LogP contribution in [0.5, 0.6) is 0 Å². The van der Waals surface area contributed by atoms with Crippen LogP contribution in [0.2, 0.25) is 0 Å². The van der Waals surface area contributed by atoms with Gasteiger partial charge in [-0.2, -0.15) is 0 Å². The third-order valence-corrected chi connectivity index (χ3v) is 4.76. The van der Waals surface area contributed by atoms with Crippen LogP contribution in [0.25, 0.3) is 0 Å². The van der Waals surface area contributed by atoms with E-state index in [-0.39, 0.29) is 5.75 Å². The van der Waals surface area contributed by atoms with Gasteiger partial charge < -0.3 is 10.0 Å². The highest BCUT2D eigenvalue weighted by atomic mass is 32.2. The van der Waals surface area contributed by atoms with Gasteiger partial charge in [0.25, 0.3) is 0 Å². The lowest BCUT2D eigenvalue weighted by Crippen LogP contribution is -2.26. The maximum Gasteiger partial charge on any atom is 0.313 e. The number of rotatable bonds is 8. The normalized spacial score (nSPS) is 14.7. The summed E-state index contributed by atoms with van der Waals surface area (Å²) >= 11 is 2.73. The predicted molar refractivity (Wildman–Crippen MR) is 73.5 cm³/mol. The van der Waals surface area contributed by atoms with Crippen LogP contribution in [-0.4, -0.2) is 40.1 Å². The monoisotopic (exact) mass is 287 g/mol. The molecule has 0 radical (unpaired) electrons. The highest BCUT2D eigenvalue weighted by Crippen LogP contribution is 2.34. The SMILES string of the molecule is CCCN(CC1CC1)c1nnc(SCC(=O)O)s1. The van der Waals surface area contributed by atoms with Crippen molar-refractivity contribution in [3.8, 4) is 0 Å². The van der Waals surface area contributed by atoms with E-state index in [1.807, 2.05) is 0 Å². The van der Waals surface area contributed by atoms with Gasteiger partial charge in [0.05, 0.1) is 5.75 Å². The summed E-state index contributed by atoms with van der Waals surface area (Å²) in [5.74, 6) is 0.0427. The van der Waals surface area contributed by atoms with Crippen molar-refractivity contribution in [3.05, 3.63) is 0 Å². The fraction of sp³-hybridized carbons (Fsp3) is 0.727. The van der Waals surface area contributed by atoms with Crippen LogP contribution in [-0.2, 0) is 4.79 Å². The largest absolute Gasteiger partial charge is 0.481 e. The van der Waals surface area contributed by atoms with Crippen molar-refractivity contribution in [3.63, 3.8) is 0 Å². The number of carbonyl (C=O) groups is 1. The third-order valence-electron chi connectivity index (χ3n) is 2.65. The lowest BCUT2D eigenvalue weighted by Gasteiger charge is -2.19. The van der Waals surface area contributed by atoms with Crippen molar-refractivity contribution in [2.24, 2.45) is 5.92 Å². The molecule has 1 N–H and O–H groups in total. The van der Waals surface area contributed by atoms with E-state index < -0.39 is 5.97 Å². The summed E-state index contributed by atoms with van der Waals surface area (Å²) < 4.78 is 0.740. The van der Waals surface area contributed by atoms with E-state index in [1.165, 1.54) is 35.9 Å². The first kappa shape index (κ1) is 13.6. The molecule has 1 saturated carbocycles. The molecule has 0 spiro atoms. The molecule has 0 saturated heterocycles. The molecule has 2 rings (SSSR count). The molecule has 5 nitrogen and oxygen atoms in total. The van der Waals surface area contributed by atoms with Crippen molar-refractivity contribution in [2.45, 2.75) is 30.5 Å². The highest BCUT2D eigenvalue weighted by Gasteiger charge is 2.25. The molecule has 7 heteroatoms. The zero-order chi connectivity index (χ0) is 13.0. The van der Waals surface area contributed by atoms with Gasteiger partial charge in [0.15, 0.2) is 4.34 Å². The summed E-state index contributed by atoms with van der Waals surface area (Å²) in [6.07, 6.45) is 3.73. The summed E-state index contributed by atoms with van der Waals surface area (Å²) in [6, 6.07) is 0. The number of nitrogens with zero attached hydrogens (tertiary/aromatic N) is 3. The van der Waals surface area contributed by atoms with E-state index in [9.17, 15) is 4.79 Å². The predicted octanol–water partition coefficient (Wildman–Crippen LogP) is 2.34. The Morgan fingerprint density at radius 2 is 2.33 bits per heavy atom. The van der Waals surface area contributed by atoms with Crippen LogP contribution in [0.1, 0.15) is 26.2 Å². The lowest BCUT2D eigenvalue weighted by atomic mass is 10.3. The van der Waals surface area contributed by atoms with Crippen LogP contribution < -0.4 is 4.90 Å². The molecule has 18 heavy (non-hydrogen) atoms. The minimum absolute atomic E-state index is 0.0467. The Kier molecular flexibility index (Phi) is 4.82. The summed E-state index contributed by atoms with van der Waals surface area (Å²) in [7, 11) is 0. The minimum atomic E-state index is -0.819. The summed E-state index contributed by atoms with van der Waals surface area (Å²) in [5, 5.41) is 17.8. The first-order valence-corrected chi connectivity index (χ1v) is 7.92. The maximum atomic E-state index is 10.5. The fourth-order valence-corrected chi connectivity index (χ4v) is 3.26. The van der Waals surface area contributed by atoms with Gasteiger partial charge in [0, 0.05) is 13.1 Å². The van der Waals surface area contributed by atoms with Gasteiger partial charge in [0.1, 0.15) is 0 Å². The van der Waals surface area contributed by atoms with E-state index in [4.69, 9.17) is 5.11 Å². The number of carboxylic acids is 1. The van der Waals surface area contributed by atoms with Crippen LogP contribution in [0, 0.1) is 5.92 Å². The number of thioether (sulfide) groups is 1. The Hall–Kier alpha value is -0.820. The Balaban J connectivity index is 1.93. The number of hydrogen-bond acceptors (Lipinski definition) is 6. The van der Waals surface area contributed by atoms with Gasteiger partial charge in [-0.25, -0.2) is 0 Å². The van der Waals surface area contributed by atoms with E-state index in [2.05, 4.69) is 22.0 Å². The van der Waals surface area contributed by atoms with Gasteiger partial charge in [-0.15, -0.1) is 10.2 Å². The highest BCUT2D eigenvalue weighted by molar-refractivity contribution is 8.01. The molecule has 1 fully saturated rings. The van der Waals surface area contributed by atoms with E-state index in [0.29, 0.717) is 0 Å². The molecule has 0 atom stereocenters. The van der Waals surface area contributed by atoms with Crippen LogP contribution in [0.4, 0.5) is 5.13 Å². The van der Waals surface area contributed by atoms with Crippen LogP contribution in [0.15, 0.2) is 4.34 Å². The van der Waals surface area contributed by atoms with Gasteiger partial charge in [-0.3, -0.25) is 4.79 Å². The number of aliphatic carboxylic acids is 1. The second kappa shape index (κ2) is 6.38. The van der Waals surface area contributed by atoms with Gasteiger partial charge in [0.2, 0.25) is 5.13 Å². The summed E-state index contributed by atoms with van der Waals surface area (Å²) in [5.41, 5.74) is 0. The smallest absolute Gasteiger partial charge is 0.313 e. The van der Waals surface area contributed by atoms with E-state index in [1.54, 1.807) is 0 Å². The molecule has 1 aliphatic rings. The quantitative estimate of drug-likeness (QED) is 0.740. The number of aromatic nitrogens is 2. The number of hydrogen-bond donors (Lipinski definition) is 1. The molecular weight excluding hydrogens is 270 g/mol. The number of anilines is 1. The lowest BCUT2D eigenvalue weighted by molar-refractivity contribution is -0.133. The maximum absolute atomic E-state index is 10.5. The number of carboxylic acid groups (broad SMARTS) is 1. The molecule has 0 amide bonds. The first-order valence-electron chi connectivity index (χ1n) is 6.12. The van der Waals surface area contributed by atoms with Gasteiger partial charge in [-0.1, -0.05) is 30.0 Å². The topological polar surface area (TPSA) is 66.3 Å². The fourth-order valence-electron chi connectivity index (χ4n) is 1.66. The van der Waals surface area contributed by atoms with Gasteiger partial charge in [-0.05, 0) is 25.2 Å². The Morgan fingerprint density at radius 3 is 2.94 bits per heavy atom. The second-order valence-corrected chi connectivity index (χ2v) is 6.60. The molecule has 0 aliphatic heterocycles. The Labute approximate surface area is 115 Å². The molecule has 1 heterocycles. The molecule has 0 aromatic carbocycles. The molecule has 1 aliphatic carbocycles. The van der Waals surface area contributed by atoms with Crippen molar-refractivity contribution < 1.29 is 9.90 Å². The van der Waals surface area contributed by atoms with Gasteiger partial charge >= 0.3 is 5.97 Å². The van der Waals surface area contributed by atoms with Crippen molar-refractivity contribution >= 4 is 34.2 Å². The molecule has 0 bridgehead atoms.